The Labute approximate surface area is 179 Å². The maximum absolute atomic E-state index is 12.3. The highest BCUT2D eigenvalue weighted by molar-refractivity contribution is 5.91. The van der Waals surface area contributed by atoms with Crippen LogP contribution in [-0.4, -0.2) is 64.0 Å². The topological polar surface area (TPSA) is 95.4 Å². The van der Waals surface area contributed by atoms with E-state index in [4.69, 9.17) is 14.6 Å². The zero-order valence-corrected chi connectivity index (χ0v) is 17.8. The number of cyclic esters (lactones) is 1. The number of nitrogens with zero attached hydrogens (tertiary/aromatic N) is 3. The third kappa shape index (κ3) is 3.02. The Morgan fingerprint density at radius 1 is 1.32 bits per heavy atom. The molecule has 5 rings (SSSR count). The van der Waals surface area contributed by atoms with E-state index < -0.39 is 11.6 Å². The van der Waals surface area contributed by atoms with E-state index in [0.29, 0.717) is 24.2 Å². The van der Waals surface area contributed by atoms with Crippen LogP contribution in [0, 0.1) is 0 Å². The molecule has 1 atom stereocenters. The number of carbonyl (C=O) groups excluding carboxylic acids is 1. The van der Waals surface area contributed by atoms with E-state index in [-0.39, 0.29) is 25.4 Å². The molecule has 8 heteroatoms. The summed E-state index contributed by atoms with van der Waals surface area (Å²) in [4.78, 5) is 24.9. The van der Waals surface area contributed by atoms with Crippen molar-refractivity contribution in [2.24, 2.45) is 0 Å². The van der Waals surface area contributed by atoms with Crippen molar-refractivity contribution < 1.29 is 24.6 Å². The molecule has 8 nitrogen and oxygen atoms in total. The highest BCUT2D eigenvalue weighted by Gasteiger charge is 2.46. The molecule has 0 saturated carbocycles. The molecule has 162 valence electrons. The van der Waals surface area contributed by atoms with Crippen molar-refractivity contribution in [3.05, 3.63) is 52.2 Å². The van der Waals surface area contributed by atoms with Gasteiger partial charge in [0.15, 0.2) is 5.60 Å². The fourth-order valence-corrected chi connectivity index (χ4v) is 4.57. The number of rotatable bonds is 4. The Morgan fingerprint density at radius 2 is 2.13 bits per heavy atom. The van der Waals surface area contributed by atoms with Crippen molar-refractivity contribution in [1.29, 1.82) is 0 Å². The Hall–Kier alpha value is -2.94. The van der Waals surface area contributed by atoms with Gasteiger partial charge in [-0.1, -0.05) is 6.92 Å². The number of phenols is 1. The Kier molecular flexibility index (Phi) is 4.55. The third-order valence-corrected chi connectivity index (χ3v) is 6.29. The van der Waals surface area contributed by atoms with Crippen molar-refractivity contribution in [2.45, 2.75) is 32.1 Å². The van der Waals surface area contributed by atoms with Gasteiger partial charge in [-0.2, -0.15) is 5.06 Å². The number of carbonyl (C=O) groups is 1. The van der Waals surface area contributed by atoms with Gasteiger partial charge in [-0.25, -0.2) is 9.78 Å². The summed E-state index contributed by atoms with van der Waals surface area (Å²) in [5, 5.41) is 23.8. The summed E-state index contributed by atoms with van der Waals surface area (Å²) in [7, 11) is 3.59. The van der Waals surface area contributed by atoms with Gasteiger partial charge in [0.25, 0.3) is 0 Å². The lowest BCUT2D eigenvalue weighted by atomic mass is 9.83. The fourth-order valence-electron chi connectivity index (χ4n) is 4.57. The van der Waals surface area contributed by atoms with E-state index in [0.717, 1.165) is 33.4 Å². The number of pyridine rings is 1. The van der Waals surface area contributed by atoms with Crippen molar-refractivity contribution in [3.63, 3.8) is 0 Å². The SMILES string of the molecule is CC[C@@]1(O)C(=O)OCC2=C1C=C1c3nc4ccc(O)c(CON(C)C)c4cc3CN1C2. The molecule has 4 heterocycles. The van der Waals surface area contributed by atoms with Crippen LogP contribution in [0.25, 0.3) is 16.6 Å². The largest absolute Gasteiger partial charge is 0.508 e. The van der Waals surface area contributed by atoms with Gasteiger partial charge >= 0.3 is 5.97 Å². The number of hydroxylamine groups is 2. The van der Waals surface area contributed by atoms with Crippen LogP contribution in [-0.2, 0) is 27.5 Å². The van der Waals surface area contributed by atoms with Gasteiger partial charge in [0.05, 0.1) is 23.5 Å². The molecule has 0 bridgehead atoms. The summed E-state index contributed by atoms with van der Waals surface area (Å²) in [6.07, 6.45) is 2.14. The standard InChI is InChI=1S/C23H25N3O5/c1-4-23(29)17-8-19-21-13(9-26(19)10-14(17)11-30-22(23)28)7-15-16(12-31-25(2)3)20(27)6-5-18(15)24-21/h5-8,27,29H,4,9-12H2,1-3H3/t23-/m0/s1. The van der Waals surface area contributed by atoms with Crippen molar-refractivity contribution in [2.75, 3.05) is 27.2 Å². The summed E-state index contributed by atoms with van der Waals surface area (Å²) in [5.74, 6) is -0.420. The number of esters is 1. The highest BCUT2D eigenvalue weighted by atomic mass is 16.7. The second kappa shape index (κ2) is 7.05. The smallest absolute Gasteiger partial charge is 0.343 e. The van der Waals surface area contributed by atoms with Crippen LogP contribution in [0.3, 0.4) is 0 Å². The molecule has 1 aromatic heterocycles. The minimum absolute atomic E-state index is 0.173. The van der Waals surface area contributed by atoms with Crippen molar-refractivity contribution in [3.8, 4) is 5.75 Å². The summed E-state index contributed by atoms with van der Waals surface area (Å²) in [6, 6.07) is 5.48. The number of ether oxygens (including phenoxy) is 1. The number of benzene rings is 1. The summed E-state index contributed by atoms with van der Waals surface area (Å²) in [5.41, 5.74) is 4.15. The van der Waals surface area contributed by atoms with E-state index in [1.165, 1.54) is 0 Å². The van der Waals surface area contributed by atoms with E-state index in [1.807, 2.05) is 6.08 Å². The lowest BCUT2D eigenvalue weighted by Crippen LogP contribution is -2.47. The maximum Gasteiger partial charge on any atom is 0.343 e. The monoisotopic (exact) mass is 423 g/mol. The van der Waals surface area contributed by atoms with Crippen LogP contribution >= 0.6 is 0 Å². The zero-order chi connectivity index (χ0) is 21.9. The van der Waals surface area contributed by atoms with Crippen LogP contribution in [0.15, 0.2) is 35.4 Å². The maximum atomic E-state index is 12.3. The van der Waals surface area contributed by atoms with Gasteiger partial charge < -0.3 is 19.8 Å². The molecule has 2 N–H and O–H groups in total. The first-order valence-corrected chi connectivity index (χ1v) is 10.4. The molecule has 0 saturated heterocycles. The number of hydrogen-bond donors (Lipinski definition) is 2. The second-order valence-corrected chi connectivity index (χ2v) is 8.40. The second-order valence-electron chi connectivity index (χ2n) is 8.40. The summed E-state index contributed by atoms with van der Waals surface area (Å²) < 4.78 is 5.25. The number of fused-ring (bicyclic) bond motifs is 4. The Bertz CT molecular complexity index is 1170. The van der Waals surface area contributed by atoms with Gasteiger partial charge in [0.1, 0.15) is 12.4 Å². The van der Waals surface area contributed by atoms with E-state index in [1.54, 1.807) is 38.2 Å². The number of phenolic OH excluding ortho intramolecular Hbond substituents is 1. The van der Waals surface area contributed by atoms with E-state index >= 15 is 0 Å². The number of hydrogen-bond acceptors (Lipinski definition) is 8. The molecule has 0 amide bonds. The molecular weight excluding hydrogens is 398 g/mol. The number of aliphatic hydroxyl groups is 1. The number of aromatic nitrogens is 1. The first kappa shape index (κ1) is 20.0. The van der Waals surface area contributed by atoms with Crippen LogP contribution in [0.2, 0.25) is 0 Å². The molecule has 3 aliphatic heterocycles. The van der Waals surface area contributed by atoms with Crippen molar-refractivity contribution >= 4 is 22.6 Å². The quantitative estimate of drug-likeness (QED) is 0.570. The van der Waals surface area contributed by atoms with E-state index in [9.17, 15) is 15.0 Å². The van der Waals surface area contributed by atoms with Crippen LogP contribution in [0.4, 0.5) is 0 Å². The molecule has 31 heavy (non-hydrogen) atoms. The van der Waals surface area contributed by atoms with Crippen LogP contribution in [0.5, 0.6) is 5.75 Å². The van der Waals surface area contributed by atoms with Crippen molar-refractivity contribution in [1.82, 2.24) is 14.9 Å². The van der Waals surface area contributed by atoms with Gasteiger partial charge in [-0.15, -0.1) is 0 Å². The zero-order valence-electron chi connectivity index (χ0n) is 17.8. The molecule has 0 unspecified atom stereocenters. The molecule has 1 aromatic carbocycles. The van der Waals surface area contributed by atoms with Crippen LogP contribution in [0.1, 0.15) is 30.2 Å². The average Bonchev–Trinajstić information content (AvgIpc) is 3.09. The molecule has 0 fully saturated rings. The summed E-state index contributed by atoms with van der Waals surface area (Å²) >= 11 is 0. The molecule has 0 spiro atoms. The molecule has 3 aliphatic rings. The summed E-state index contributed by atoms with van der Waals surface area (Å²) in [6.45, 7) is 3.44. The lowest BCUT2D eigenvalue weighted by Gasteiger charge is -2.37. The minimum Gasteiger partial charge on any atom is -0.508 e. The first-order chi connectivity index (χ1) is 14.8. The minimum atomic E-state index is -1.62. The van der Waals surface area contributed by atoms with Gasteiger partial charge in [0, 0.05) is 43.7 Å². The van der Waals surface area contributed by atoms with E-state index in [2.05, 4.69) is 11.0 Å². The lowest BCUT2D eigenvalue weighted by molar-refractivity contribution is -0.163. The predicted molar refractivity (Wildman–Crippen MR) is 113 cm³/mol. The van der Waals surface area contributed by atoms with Gasteiger partial charge in [0.2, 0.25) is 0 Å². The fraction of sp³-hybridized carbons (Fsp3) is 0.391. The molecule has 0 radical (unpaired) electrons. The average molecular weight is 423 g/mol. The Balaban J connectivity index is 1.61. The first-order valence-electron chi connectivity index (χ1n) is 10.4. The van der Waals surface area contributed by atoms with Crippen LogP contribution < -0.4 is 0 Å². The molecular formula is C23H25N3O5. The normalized spacial score (nSPS) is 22.4. The number of aromatic hydroxyl groups is 1. The van der Waals surface area contributed by atoms with Gasteiger partial charge in [-0.3, -0.25) is 4.84 Å². The highest BCUT2D eigenvalue weighted by Crippen LogP contribution is 2.43. The molecule has 0 aliphatic carbocycles. The Morgan fingerprint density at radius 3 is 2.87 bits per heavy atom. The predicted octanol–water partition coefficient (Wildman–Crippen LogP) is 2.10. The molecule has 2 aromatic rings. The van der Waals surface area contributed by atoms with Gasteiger partial charge in [-0.05, 0) is 41.8 Å². The third-order valence-electron chi connectivity index (χ3n) is 6.29.